The highest BCUT2D eigenvalue weighted by Gasteiger charge is 2.30. The van der Waals surface area contributed by atoms with Gasteiger partial charge in [0.2, 0.25) is 10.0 Å². The second-order valence-electron chi connectivity index (χ2n) is 4.00. The minimum Gasteiger partial charge on any atom is -0.256 e. The van der Waals surface area contributed by atoms with E-state index < -0.39 is 21.8 Å². The summed E-state index contributed by atoms with van der Waals surface area (Å²) in [5, 5.41) is 4.94. The smallest absolute Gasteiger partial charge is 0.256 e. The minimum atomic E-state index is -4.44. The fraction of sp³-hybridized carbons (Fsp3) is 0.0833. The average molecular weight is 302 g/mol. The molecule has 0 aliphatic heterocycles. The van der Waals surface area contributed by atoms with E-state index in [0.717, 1.165) is 12.3 Å². The fourth-order valence-corrected chi connectivity index (χ4v) is 2.06. The minimum absolute atomic E-state index is 0.0758. The van der Waals surface area contributed by atoms with Crippen molar-refractivity contribution in [3.8, 4) is 11.3 Å². The van der Waals surface area contributed by atoms with E-state index in [1.54, 1.807) is 0 Å². The largest absolute Gasteiger partial charge is 0.417 e. The summed E-state index contributed by atoms with van der Waals surface area (Å²) in [4.78, 5) is 3.63. The third kappa shape index (κ3) is 3.14. The summed E-state index contributed by atoms with van der Waals surface area (Å²) in [6.45, 7) is 0. The number of aromatic nitrogens is 1. The molecule has 0 atom stereocenters. The van der Waals surface area contributed by atoms with Crippen LogP contribution in [-0.4, -0.2) is 13.4 Å². The van der Waals surface area contributed by atoms with Crippen molar-refractivity contribution in [1.29, 1.82) is 0 Å². The van der Waals surface area contributed by atoms with Crippen molar-refractivity contribution < 1.29 is 21.6 Å². The molecule has 2 rings (SSSR count). The van der Waals surface area contributed by atoms with Crippen molar-refractivity contribution in [1.82, 2.24) is 4.98 Å². The van der Waals surface area contributed by atoms with E-state index in [4.69, 9.17) is 5.14 Å². The number of benzene rings is 1. The third-order valence-corrected chi connectivity index (χ3v) is 3.50. The Labute approximate surface area is 113 Å². The molecular formula is C12H9F3N2O2S. The van der Waals surface area contributed by atoms with Gasteiger partial charge >= 0.3 is 6.18 Å². The van der Waals surface area contributed by atoms with Crippen LogP contribution < -0.4 is 5.14 Å². The van der Waals surface area contributed by atoms with Gasteiger partial charge in [0, 0.05) is 11.8 Å². The lowest BCUT2D eigenvalue weighted by atomic mass is 10.1. The molecule has 0 aliphatic rings. The van der Waals surface area contributed by atoms with Gasteiger partial charge in [0.25, 0.3) is 0 Å². The number of hydrogen-bond acceptors (Lipinski definition) is 3. The predicted octanol–water partition coefficient (Wildman–Crippen LogP) is 2.41. The molecule has 106 valence electrons. The summed E-state index contributed by atoms with van der Waals surface area (Å²) >= 11 is 0. The van der Waals surface area contributed by atoms with Gasteiger partial charge in [-0.05, 0) is 24.3 Å². The normalized spacial score (nSPS) is 12.4. The Kier molecular flexibility index (Phi) is 3.53. The number of hydrogen-bond donors (Lipinski definition) is 1. The molecule has 1 aromatic heterocycles. The third-order valence-electron chi connectivity index (χ3n) is 2.57. The molecule has 0 radical (unpaired) electrons. The summed E-state index contributed by atoms with van der Waals surface area (Å²) in [5.41, 5.74) is -0.0486. The Balaban J connectivity index is 2.33. The molecular weight excluding hydrogens is 293 g/mol. The molecule has 0 saturated carbocycles. The molecule has 20 heavy (non-hydrogen) atoms. The average Bonchev–Trinajstić information content (AvgIpc) is 2.37. The highest BCUT2D eigenvalue weighted by atomic mass is 32.2. The van der Waals surface area contributed by atoms with E-state index >= 15 is 0 Å². The summed E-state index contributed by atoms with van der Waals surface area (Å²) in [5.74, 6) is 0. The highest BCUT2D eigenvalue weighted by molar-refractivity contribution is 7.89. The first-order chi connectivity index (χ1) is 9.18. The van der Waals surface area contributed by atoms with Gasteiger partial charge < -0.3 is 0 Å². The molecule has 2 N–H and O–H groups in total. The number of alkyl halides is 3. The van der Waals surface area contributed by atoms with E-state index in [1.165, 1.54) is 30.3 Å². The van der Waals surface area contributed by atoms with Crippen molar-refractivity contribution in [3.05, 3.63) is 48.2 Å². The number of nitrogens with zero attached hydrogens (tertiary/aromatic N) is 1. The van der Waals surface area contributed by atoms with Gasteiger partial charge in [0.15, 0.2) is 0 Å². The molecule has 0 saturated heterocycles. The van der Waals surface area contributed by atoms with E-state index in [0.29, 0.717) is 11.3 Å². The van der Waals surface area contributed by atoms with Crippen molar-refractivity contribution in [2.24, 2.45) is 5.14 Å². The van der Waals surface area contributed by atoms with E-state index in [2.05, 4.69) is 4.98 Å². The molecule has 0 aliphatic carbocycles. The summed E-state index contributed by atoms with van der Waals surface area (Å²) in [6.07, 6.45) is -3.72. The molecule has 0 fully saturated rings. The molecule has 0 amide bonds. The molecule has 0 spiro atoms. The molecule has 1 heterocycles. The van der Waals surface area contributed by atoms with Crippen LogP contribution in [0.3, 0.4) is 0 Å². The van der Waals surface area contributed by atoms with Gasteiger partial charge in [-0.2, -0.15) is 13.2 Å². The van der Waals surface area contributed by atoms with Crippen LogP contribution in [0.2, 0.25) is 0 Å². The highest BCUT2D eigenvalue weighted by Crippen LogP contribution is 2.29. The summed E-state index contributed by atoms with van der Waals surface area (Å²) in [6, 6.07) is 7.52. The van der Waals surface area contributed by atoms with Gasteiger partial charge in [-0.25, -0.2) is 13.6 Å². The Morgan fingerprint density at radius 3 is 2.00 bits per heavy atom. The molecule has 8 heteroatoms. The Morgan fingerprint density at radius 1 is 1.00 bits per heavy atom. The van der Waals surface area contributed by atoms with E-state index in [-0.39, 0.29) is 4.90 Å². The van der Waals surface area contributed by atoms with Gasteiger partial charge in [0.1, 0.15) is 0 Å². The first-order valence-electron chi connectivity index (χ1n) is 5.34. The van der Waals surface area contributed by atoms with E-state index in [1.807, 2.05) is 0 Å². The van der Waals surface area contributed by atoms with E-state index in [9.17, 15) is 21.6 Å². The maximum absolute atomic E-state index is 12.4. The van der Waals surface area contributed by atoms with Crippen LogP contribution >= 0.6 is 0 Å². The quantitative estimate of drug-likeness (QED) is 0.926. The van der Waals surface area contributed by atoms with Gasteiger partial charge in [-0.1, -0.05) is 12.1 Å². The zero-order valence-electron chi connectivity index (χ0n) is 9.92. The van der Waals surface area contributed by atoms with Crippen LogP contribution in [0.15, 0.2) is 47.5 Å². The van der Waals surface area contributed by atoms with Crippen molar-refractivity contribution in [2.75, 3.05) is 0 Å². The Hall–Kier alpha value is -1.93. The number of halogens is 3. The topological polar surface area (TPSA) is 73.1 Å². The van der Waals surface area contributed by atoms with Crippen molar-refractivity contribution in [2.45, 2.75) is 11.1 Å². The second kappa shape index (κ2) is 4.88. The molecule has 4 nitrogen and oxygen atoms in total. The first-order valence-corrected chi connectivity index (χ1v) is 6.89. The maximum atomic E-state index is 12.4. The number of nitrogens with two attached hydrogens (primary N) is 1. The fourth-order valence-electron chi connectivity index (χ4n) is 1.55. The lowest BCUT2D eigenvalue weighted by Gasteiger charge is -2.07. The van der Waals surface area contributed by atoms with Crippen LogP contribution in [0.25, 0.3) is 11.3 Å². The molecule has 0 unspecified atom stereocenters. The molecule has 2 aromatic rings. The second-order valence-corrected chi connectivity index (χ2v) is 5.56. The first kappa shape index (κ1) is 14.5. The van der Waals surface area contributed by atoms with Crippen LogP contribution in [-0.2, 0) is 16.2 Å². The van der Waals surface area contributed by atoms with Crippen molar-refractivity contribution >= 4 is 10.0 Å². The van der Waals surface area contributed by atoms with Crippen LogP contribution in [0.5, 0.6) is 0 Å². The SMILES string of the molecule is NS(=O)(=O)c1ccc(-c2ccc(C(F)(F)F)cn2)cc1. The Bertz CT molecular complexity index is 708. The lowest BCUT2D eigenvalue weighted by Crippen LogP contribution is -2.11. The van der Waals surface area contributed by atoms with Crippen LogP contribution in [0, 0.1) is 0 Å². The van der Waals surface area contributed by atoms with Crippen LogP contribution in [0.1, 0.15) is 5.56 Å². The lowest BCUT2D eigenvalue weighted by molar-refractivity contribution is -0.137. The molecule has 1 aromatic carbocycles. The molecule has 0 bridgehead atoms. The zero-order valence-corrected chi connectivity index (χ0v) is 10.7. The number of sulfonamides is 1. The number of rotatable bonds is 2. The van der Waals surface area contributed by atoms with Crippen LogP contribution in [0.4, 0.5) is 13.2 Å². The van der Waals surface area contributed by atoms with Crippen molar-refractivity contribution in [3.63, 3.8) is 0 Å². The predicted molar refractivity (Wildman–Crippen MR) is 66.0 cm³/mol. The summed E-state index contributed by atoms with van der Waals surface area (Å²) in [7, 11) is -3.80. The monoisotopic (exact) mass is 302 g/mol. The standard InChI is InChI=1S/C12H9F3N2O2S/c13-12(14,15)9-3-6-11(17-7-9)8-1-4-10(5-2-8)20(16,18)19/h1-7H,(H2,16,18,19). The number of pyridine rings is 1. The van der Waals surface area contributed by atoms with Gasteiger partial charge in [-0.15, -0.1) is 0 Å². The zero-order chi connectivity index (χ0) is 15.0. The number of primary sulfonamides is 1. The summed E-state index contributed by atoms with van der Waals surface area (Å²) < 4.78 is 59.3. The maximum Gasteiger partial charge on any atom is 0.417 e. The van der Waals surface area contributed by atoms with Gasteiger partial charge in [-0.3, -0.25) is 4.98 Å². The van der Waals surface area contributed by atoms with Gasteiger partial charge in [0.05, 0.1) is 16.2 Å². The Morgan fingerprint density at radius 2 is 1.60 bits per heavy atom.